The average Bonchev–Trinajstić information content (AvgIpc) is 2.76. The van der Waals surface area contributed by atoms with E-state index in [1.54, 1.807) is 0 Å². The highest BCUT2D eigenvalue weighted by atomic mass is 16.5. The molecule has 2 unspecified atom stereocenters. The maximum Gasteiger partial charge on any atom is 0.0779 e. The topological polar surface area (TPSA) is 38.5 Å². The van der Waals surface area contributed by atoms with Crippen molar-refractivity contribution in [1.82, 2.24) is 0 Å². The molecule has 1 aliphatic carbocycles. The summed E-state index contributed by atoms with van der Waals surface area (Å²) in [6.45, 7) is 1.83. The monoisotopic (exact) mass is 218 g/mol. The molecule has 1 saturated carbocycles. The first-order chi connectivity index (χ1) is 7.84. The fourth-order valence-corrected chi connectivity index (χ4v) is 2.95. The quantitative estimate of drug-likeness (QED) is 0.733. The lowest BCUT2D eigenvalue weighted by Gasteiger charge is -2.39. The van der Waals surface area contributed by atoms with Crippen LogP contribution in [0.1, 0.15) is 19.3 Å². The van der Waals surface area contributed by atoms with E-state index in [-0.39, 0.29) is 0 Å². The van der Waals surface area contributed by atoms with Crippen LogP contribution in [0, 0.1) is 0 Å². The summed E-state index contributed by atoms with van der Waals surface area (Å²) < 4.78 is 5.81. The lowest BCUT2D eigenvalue weighted by molar-refractivity contribution is 0.0256. The number of ether oxygens (including phenoxy) is 1. The van der Waals surface area contributed by atoms with Crippen LogP contribution in [0.2, 0.25) is 0 Å². The van der Waals surface area contributed by atoms with Crippen molar-refractivity contribution in [3.63, 3.8) is 0 Å². The van der Waals surface area contributed by atoms with E-state index in [1.807, 2.05) is 12.1 Å². The van der Waals surface area contributed by atoms with Gasteiger partial charge in [0.15, 0.2) is 0 Å². The summed E-state index contributed by atoms with van der Waals surface area (Å²) in [7, 11) is 0. The van der Waals surface area contributed by atoms with Crippen molar-refractivity contribution >= 4 is 11.4 Å². The Kier molecular flexibility index (Phi) is 2.48. The average molecular weight is 218 g/mol. The third-order valence-corrected chi connectivity index (χ3v) is 3.68. The summed E-state index contributed by atoms with van der Waals surface area (Å²) in [5.74, 6) is 0. The molecular weight excluding hydrogens is 200 g/mol. The highest BCUT2D eigenvalue weighted by Crippen LogP contribution is 2.33. The van der Waals surface area contributed by atoms with E-state index in [4.69, 9.17) is 10.5 Å². The van der Waals surface area contributed by atoms with Crippen molar-refractivity contribution in [3.05, 3.63) is 24.3 Å². The zero-order valence-corrected chi connectivity index (χ0v) is 9.43. The zero-order valence-electron chi connectivity index (χ0n) is 9.43. The van der Waals surface area contributed by atoms with Crippen molar-refractivity contribution in [2.24, 2.45) is 0 Å². The van der Waals surface area contributed by atoms with Gasteiger partial charge < -0.3 is 15.4 Å². The van der Waals surface area contributed by atoms with Crippen LogP contribution in [0.15, 0.2) is 24.3 Å². The third-order valence-electron chi connectivity index (χ3n) is 3.68. The summed E-state index contributed by atoms with van der Waals surface area (Å²) in [5.41, 5.74) is 7.94. The number of benzene rings is 1. The van der Waals surface area contributed by atoms with Gasteiger partial charge in [-0.1, -0.05) is 6.07 Å². The maximum absolute atomic E-state index is 5.84. The Morgan fingerprint density at radius 3 is 3.12 bits per heavy atom. The van der Waals surface area contributed by atoms with Gasteiger partial charge in [-0.2, -0.15) is 0 Å². The molecule has 3 rings (SSSR count). The Balaban J connectivity index is 1.88. The van der Waals surface area contributed by atoms with Crippen molar-refractivity contribution in [1.29, 1.82) is 0 Å². The summed E-state index contributed by atoms with van der Waals surface area (Å²) in [5, 5.41) is 0. The summed E-state index contributed by atoms with van der Waals surface area (Å²) >= 11 is 0. The predicted molar refractivity (Wildman–Crippen MR) is 65.6 cm³/mol. The molecule has 1 aromatic carbocycles. The highest BCUT2D eigenvalue weighted by Gasteiger charge is 2.36. The van der Waals surface area contributed by atoms with Crippen LogP contribution in [0.5, 0.6) is 0 Å². The molecule has 1 aromatic rings. The first kappa shape index (κ1) is 9.97. The van der Waals surface area contributed by atoms with Gasteiger partial charge in [0.1, 0.15) is 0 Å². The molecule has 3 nitrogen and oxygen atoms in total. The Morgan fingerprint density at radius 2 is 2.25 bits per heavy atom. The van der Waals surface area contributed by atoms with Crippen LogP contribution >= 0.6 is 0 Å². The summed E-state index contributed by atoms with van der Waals surface area (Å²) in [4.78, 5) is 2.47. The number of fused-ring (bicyclic) bond motifs is 1. The zero-order chi connectivity index (χ0) is 11.0. The predicted octanol–water partition coefficient (Wildman–Crippen LogP) is 2.03. The van der Waals surface area contributed by atoms with E-state index in [1.165, 1.54) is 24.9 Å². The smallest absolute Gasteiger partial charge is 0.0779 e. The van der Waals surface area contributed by atoms with E-state index >= 15 is 0 Å². The first-order valence-corrected chi connectivity index (χ1v) is 6.08. The molecule has 1 saturated heterocycles. The lowest BCUT2D eigenvalue weighted by Crippen LogP contribution is -2.48. The van der Waals surface area contributed by atoms with Crippen LogP contribution in [0.4, 0.5) is 11.4 Å². The molecule has 0 aromatic heterocycles. The molecule has 0 bridgehead atoms. The molecule has 16 heavy (non-hydrogen) atoms. The summed E-state index contributed by atoms with van der Waals surface area (Å²) in [6, 6.07) is 8.76. The van der Waals surface area contributed by atoms with Gasteiger partial charge in [-0.3, -0.25) is 0 Å². The van der Waals surface area contributed by atoms with Gasteiger partial charge >= 0.3 is 0 Å². The minimum atomic E-state index is 0.440. The van der Waals surface area contributed by atoms with Crippen LogP contribution < -0.4 is 10.6 Å². The Morgan fingerprint density at radius 1 is 1.31 bits per heavy atom. The van der Waals surface area contributed by atoms with Crippen molar-refractivity contribution in [3.8, 4) is 0 Å². The van der Waals surface area contributed by atoms with Crippen molar-refractivity contribution in [2.45, 2.75) is 31.4 Å². The van der Waals surface area contributed by atoms with Gasteiger partial charge in [0.25, 0.3) is 0 Å². The molecule has 2 fully saturated rings. The van der Waals surface area contributed by atoms with Crippen LogP contribution in [0.25, 0.3) is 0 Å². The molecule has 2 atom stereocenters. The van der Waals surface area contributed by atoms with E-state index in [9.17, 15) is 0 Å². The second-order valence-corrected chi connectivity index (χ2v) is 4.70. The molecule has 2 N–H and O–H groups in total. The number of hydrogen-bond donors (Lipinski definition) is 1. The fourth-order valence-electron chi connectivity index (χ4n) is 2.95. The molecule has 86 valence electrons. The molecular formula is C13H18N2O. The van der Waals surface area contributed by atoms with Gasteiger partial charge in [0.2, 0.25) is 0 Å². The molecule has 1 heterocycles. The van der Waals surface area contributed by atoms with Crippen molar-refractivity contribution < 1.29 is 4.74 Å². The third kappa shape index (κ3) is 1.65. The van der Waals surface area contributed by atoms with Gasteiger partial charge in [-0.05, 0) is 37.5 Å². The molecule has 1 aliphatic heterocycles. The van der Waals surface area contributed by atoms with E-state index in [0.29, 0.717) is 12.1 Å². The number of hydrogen-bond acceptors (Lipinski definition) is 3. The Labute approximate surface area is 96.2 Å². The SMILES string of the molecule is Nc1cccc(N2CCOC3CCCC32)c1. The lowest BCUT2D eigenvalue weighted by atomic mass is 10.1. The Hall–Kier alpha value is -1.22. The maximum atomic E-state index is 5.84. The number of rotatable bonds is 1. The number of nitrogen functional groups attached to an aromatic ring is 1. The van der Waals surface area contributed by atoms with Crippen LogP contribution in [-0.2, 0) is 4.74 Å². The van der Waals surface area contributed by atoms with Crippen LogP contribution in [0.3, 0.4) is 0 Å². The number of nitrogens with zero attached hydrogens (tertiary/aromatic N) is 1. The molecule has 0 spiro atoms. The molecule has 0 radical (unpaired) electrons. The standard InChI is InChI=1S/C13H18N2O/c14-10-3-1-4-11(9-10)15-7-8-16-13-6-2-5-12(13)15/h1,3-4,9,12-13H,2,5-8,14H2. The summed E-state index contributed by atoms with van der Waals surface area (Å²) in [6.07, 6.45) is 4.19. The minimum Gasteiger partial charge on any atom is -0.399 e. The Bertz CT molecular complexity index is 380. The van der Waals surface area contributed by atoms with Crippen LogP contribution in [-0.4, -0.2) is 25.3 Å². The number of morpholine rings is 1. The number of anilines is 2. The molecule has 3 heteroatoms. The van der Waals surface area contributed by atoms with E-state index in [2.05, 4.69) is 17.0 Å². The normalized spacial score (nSPS) is 29.1. The fraction of sp³-hybridized carbons (Fsp3) is 0.538. The van der Waals surface area contributed by atoms with Gasteiger partial charge in [0, 0.05) is 17.9 Å². The second-order valence-electron chi connectivity index (χ2n) is 4.70. The van der Waals surface area contributed by atoms with Gasteiger partial charge in [-0.15, -0.1) is 0 Å². The van der Waals surface area contributed by atoms with E-state index < -0.39 is 0 Å². The second kappa shape index (κ2) is 3.98. The number of nitrogens with two attached hydrogens (primary N) is 1. The molecule has 0 amide bonds. The van der Waals surface area contributed by atoms with Gasteiger partial charge in [-0.25, -0.2) is 0 Å². The first-order valence-electron chi connectivity index (χ1n) is 6.08. The largest absolute Gasteiger partial charge is 0.399 e. The molecule has 2 aliphatic rings. The van der Waals surface area contributed by atoms with E-state index in [0.717, 1.165) is 18.8 Å². The van der Waals surface area contributed by atoms with Crippen molar-refractivity contribution in [2.75, 3.05) is 23.8 Å². The van der Waals surface area contributed by atoms with Gasteiger partial charge in [0.05, 0.1) is 18.8 Å². The highest BCUT2D eigenvalue weighted by molar-refractivity contribution is 5.57. The minimum absolute atomic E-state index is 0.440.